The fraction of sp³-hybridized carbons (Fsp3) is 0.500. The fourth-order valence-corrected chi connectivity index (χ4v) is 3.13. The number of carbonyl (C=O) groups excluding carboxylic acids is 1. The van der Waals surface area contributed by atoms with Crippen LogP contribution in [0.4, 0.5) is 18.0 Å². The first kappa shape index (κ1) is 20.2. The van der Waals surface area contributed by atoms with Crippen LogP contribution in [0.3, 0.4) is 0 Å². The number of aromatic nitrogens is 2. The molecule has 0 spiro atoms. The second-order valence-electron chi connectivity index (χ2n) is 7.93. The topological polar surface area (TPSA) is 47.4 Å². The number of imidazole rings is 1. The van der Waals surface area contributed by atoms with Crippen molar-refractivity contribution < 1.29 is 22.7 Å². The summed E-state index contributed by atoms with van der Waals surface area (Å²) in [5.41, 5.74) is 1.41. The molecule has 0 N–H and O–H groups in total. The number of halogens is 3. The van der Waals surface area contributed by atoms with Crippen molar-refractivity contribution in [1.29, 1.82) is 0 Å². The zero-order chi connectivity index (χ0) is 20.5. The van der Waals surface area contributed by atoms with Gasteiger partial charge in [-0.2, -0.15) is 13.2 Å². The number of hydrogen-bond donors (Lipinski definition) is 0. The zero-order valence-electron chi connectivity index (χ0n) is 16.2. The molecule has 2 heterocycles. The highest BCUT2D eigenvalue weighted by Gasteiger charge is 2.30. The van der Waals surface area contributed by atoms with Crippen LogP contribution in [0.5, 0.6) is 0 Å². The molecule has 28 heavy (non-hydrogen) atoms. The van der Waals surface area contributed by atoms with E-state index in [9.17, 15) is 18.0 Å². The molecule has 152 valence electrons. The molecular weight excluding hydrogens is 371 g/mol. The highest BCUT2D eigenvalue weighted by Crippen LogP contribution is 2.29. The van der Waals surface area contributed by atoms with E-state index < -0.39 is 17.3 Å². The van der Waals surface area contributed by atoms with Crippen LogP contribution in [0, 0.1) is 0 Å². The lowest BCUT2D eigenvalue weighted by Gasteiger charge is -2.31. The van der Waals surface area contributed by atoms with Crippen LogP contribution in [0.25, 0.3) is 0 Å². The Morgan fingerprint density at radius 3 is 2.39 bits per heavy atom. The molecule has 1 aliphatic rings. The standard InChI is InChI=1S/C20H24F3N3O2/c1-19(2,3)28-18(27)25-10-11-26-13-24-16(17(26)12-25)9-6-14-4-7-15(8-5-14)20(21,22)23/h4-5,7-8,13H,6,9-12H2,1-3H3. The predicted octanol–water partition coefficient (Wildman–Crippen LogP) is 4.44. The molecule has 0 aliphatic carbocycles. The normalized spacial score (nSPS) is 14.7. The summed E-state index contributed by atoms with van der Waals surface area (Å²) in [5, 5.41) is 0. The van der Waals surface area contributed by atoms with Crippen LogP contribution < -0.4 is 0 Å². The number of rotatable bonds is 3. The summed E-state index contributed by atoms with van der Waals surface area (Å²) < 4.78 is 45.5. The van der Waals surface area contributed by atoms with Crippen LogP contribution in [0.2, 0.25) is 0 Å². The maximum absolute atomic E-state index is 12.7. The molecule has 0 saturated heterocycles. The van der Waals surface area contributed by atoms with Gasteiger partial charge < -0.3 is 14.2 Å². The first-order valence-electron chi connectivity index (χ1n) is 9.20. The first-order chi connectivity index (χ1) is 13.0. The van der Waals surface area contributed by atoms with Crippen LogP contribution >= 0.6 is 0 Å². The molecule has 1 amide bonds. The quantitative estimate of drug-likeness (QED) is 0.772. The summed E-state index contributed by atoms with van der Waals surface area (Å²) in [6.45, 7) is 7.09. The molecule has 1 aromatic heterocycles. The largest absolute Gasteiger partial charge is 0.444 e. The molecule has 0 saturated carbocycles. The van der Waals surface area contributed by atoms with Crippen molar-refractivity contribution in [2.45, 2.75) is 58.5 Å². The predicted molar refractivity (Wildman–Crippen MR) is 97.7 cm³/mol. The Morgan fingerprint density at radius 2 is 1.79 bits per heavy atom. The Bertz CT molecular complexity index is 836. The number of aryl methyl sites for hydroxylation is 2. The average molecular weight is 395 g/mol. The number of amides is 1. The van der Waals surface area contributed by atoms with Crippen LogP contribution in [-0.4, -0.2) is 32.7 Å². The summed E-state index contributed by atoms with van der Waals surface area (Å²) >= 11 is 0. The molecule has 0 radical (unpaired) electrons. The SMILES string of the molecule is CC(C)(C)OC(=O)N1CCn2cnc(CCc3ccc(C(F)(F)F)cc3)c2C1. The van der Waals surface area contributed by atoms with E-state index in [1.165, 1.54) is 12.1 Å². The lowest BCUT2D eigenvalue weighted by molar-refractivity contribution is -0.137. The number of fused-ring (bicyclic) bond motifs is 1. The van der Waals surface area contributed by atoms with E-state index >= 15 is 0 Å². The summed E-state index contributed by atoms with van der Waals surface area (Å²) in [7, 11) is 0. The monoisotopic (exact) mass is 395 g/mol. The minimum atomic E-state index is -4.33. The third kappa shape index (κ3) is 4.85. The van der Waals surface area contributed by atoms with E-state index in [1.807, 2.05) is 25.3 Å². The van der Waals surface area contributed by atoms with Gasteiger partial charge in [-0.05, 0) is 51.3 Å². The van der Waals surface area contributed by atoms with Gasteiger partial charge in [0.15, 0.2) is 0 Å². The summed E-state index contributed by atoms with van der Waals surface area (Å²) in [6.07, 6.45) is -1.76. The minimum absolute atomic E-state index is 0.353. The van der Waals surface area contributed by atoms with Gasteiger partial charge in [0.05, 0.1) is 29.8 Å². The van der Waals surface area contributed by atoms with Crippen molar-refractivity contribution in [1.82, 2.24) is 14.5 Å². The number of alkyl halides is 3. The Balaban J connectivity index is 1.65. The molecule has 2 aromatic rings. The van der Waals surface area contributed by atoms with Gasteiger partial charge in [0.1, 0.15) is 5.60 Å². The van der Waals surface area contributed by atoms with E-state index in [2.05, 4.69) is 4.98 Å². The number of hydrogen-bond acceptors (Lipinski definition) is 3. The second kappa shape index (κ2) is 7.48. The Labute approximate surface area is 162 Å². The van der Waals surface area contributed by atoms with Crippen molar-refractivity contribution in [3.8, 4) is 0 Å². The van der Waals surface area contributed by atoms with Crippen LogP contribution in [0.1, 0.15) is 43.3 Å². The summed E-state index contributed by atoms with van der Waals surface area (Å²) in [6, 6.07) is 5.20. The van der Waals surface area contributed by atoms with Gasteiger partial charge in [0.2, 0.25) is 0 Å². The smallest absolute Gasteiger partial charge is 0.416 e. The maximum Gasteiger partial charge on any atom is 0.416 e. The van der Waals surface area contributed by atoms with Gasteiger partial charge in [0.25, 0.3) is 0 Å². The lowest BCUT2D eigenvalue weighted by atomic mass is 10.0. The van der Waals surface area contributed by atoms with E-state index in [1.54, 1.807) is 11.2 Å². The Hall–Kier alpha value is -2.51. The Morgan fingerprint density at radius 1 is 1.11 bits per heavy atom. The molecule has 0 bridgehead atoms. The molecule has 0 unspecified atom stereocenters. The molecule has 1 aliphatic heterocycles. The molecule has 0 fully saturated rings. The summed E-state index contributed by atoms with van der Waals surface area (Å²) in [5.74, 6) is 0. The minimum Gasteiger partial charge on any atom is -0.444 e. The van der Waals surface area contributed by atoms with E-state index in [-0.39, 0.29) is 6.09 Å². The maximum atomic E-state index is 12.7. The first-order valence-corrected chi connectivity index (χ1v) is 9.20. The molecule has 5 nitrogen and oxygen atoms in total. The van der Waals surface area contributed by atoms with E-state index in [0.29, 0.717) is 32.5 Å². The number of benzene rings is 1. The second-order valence-corrected chi connectivity index (χ2v) is 7.93. The average Bonchev–Trinajstić information content (AvgIpc) is 3.00. The third-order valence-electron chi connectivity index (χ3n) is 4.57. The van der Waals surface area contributed by atoms with E-state index in [4.69, 9.17) is 4.74 Å². The molecule has 0 atom stereocenters. The van der Waals surface area contributed by atoms with E-state index in [0.717, 1.165) is 29.1 Å². The van der Waals surface area contributed by atoms with Crippen molar-refractivity contribution in [2.24, 2.45) is 0 Å². The molecule has 1 aromatic carbocycles. The summed E-state index contributed by atoms with van der Waals surface area (Å²) in [4.78, 5) is 18.4. The number of ether oxygens (including phenoxy) is 1. The third-order valence-corrected chi connectivity index (χ3v) is 4.57. The highest BCUT2D eigenvalue weighted by molar-refractivity contribution is 5.68. The van der Waals surface area contributed by atoms with Crippen molar-refractivity contribution >= 4 is 6.09 Å². The van der Waals surface area contributed by atoms with Crippen molar-refractivity contribution in [3.63, 3.8) is 0 Å². The Kier molecular flexibility index (Phi) is 5.41. The van der Waals surface area contributed by atoms with Gasteiger partial charge in [-0.1, -0.05) is 12.1 Å². The van der Waals surface area contributed by atoms with Gasteiger partial charge >= 0.3 is 12.3 Å². The van der Waals surface area contributed by atoms with Crippen molar-refractivity contribution in [3.05, 3.63) is 53.1 Å². The molecule has 3 rings (SSSR count). The number of nitrogens with zero attached hydrogens (tertiary/aromatic N) is 3. The van der Waals surface area contributed by atoms with Gasteiger partial charge in [-0.25, -0.2) is 9.78 Å². The molecular formula is C20H24F3N3O2. The highest BCUT2D eigenvalue weighted by atomic mass is 19.4. The molecule has 8 heteroatoms. The van der Waals surface area contributed by atoms with Gasteiger partial charge in [-0.3, -0.25) is 0 Å². The van der Waals surface area contributed by atoms with Crippen molar-refractivity contribution in [2.75, 3.05) is 6.54 Å². The number of carbonyl (C=O) groups is 1. The fourth-order valence-electron chi connectivity index (χ4n) is 3.13. The van der Waals surface area contributed by atoms with Crippen LogP contribution in [-0.2, 0) is 36.8 Å². The van der Waals surface area contributed by atoms with Gasteiger partial charge in [0, 0.05) is 13.1 Å². The van der Waals surface area contributed by atoms with Gasteiger partial charge in [-0.15, -0.1) is 0 Å². The van der Waals surface area contributed by atoms with Crippen LogP contribution in [0.15, 0.2) is 30.6 Å². The lowest BCUT2D eigenvalue weighted by Crippen LogP contribution is -2.41. The zero-order valence-corrected chi connectivity index (χ0v) is 16.2.